The van der Waals surface area contributed by atoms with Crippen molar-refractivity contribution < 1.29 is 9.21 Å². The summed E-state index contributed by atoms with van der Waals surface area (Å²) in [5.74, 6) is 7.18. The second-order valence-electron chi connectivity index (χ2n) is 6.60. The molecule has 0 bridgehead atoms. The molecule has 138 valence electrons. The first kappa shape index (κ1) is 18.5. The van der Waals surface area contributed by atoms with E-state index >= 15 is 0 Å². The van der Waals surface area contributed by atoms with Gasteiger partial charge in [0.05, 0.1) is 10.5 Å². The maximum absolute atomic E-state index is 11.9. The molecule has 0 saturated carbocycles. The van der Waals surface area contributed by atoms with Gasteiger partial charge in [-0.1, -0.05) is 67.9 Å². The van der Waals surface area contributed by atoms with Gasteiger partial charge in [0.1, 0.15) is 10.1 Å². The molecule has 3 aromatic rings. The number of nitrogens with one attached hydrogen (secondary N) is 1. The van der Waals surface area contributed by atoms with Crippen molar-refractivity contribution in [2.45, 2.75) is 19.8 Å². The maximum atomic E-state index is 11.9. The van der Waals surface area contributed by atoms with Crippen LogP contribution in [0, 0.1) is 11.8 Å². The van der Waals surface area contributed by atoms with Crippen LogP contribution in [0.1, 0.15) is 42.2 Å². The van der Waals surface area contributed by atoms with E-state index in [1.165, 1.54) is 17.3 Å². The normalized spacial score (nSPS) is 15.2. The second kappa shape index (κ2) is 7.63. The van der Waals surface area contributed by atoms with Crippen LogP contribution < -0.4 is 5.32 Å². The molecule has 1 fully saturated rings. The summed E-state index contributed by atoms with van der Waals surface area (Å²) in [5.41, 5.74) is 3.57. The van der Waals surface area contributed by atoms with Crippen molar-refractivity contribution in [2.75, 3.05) is 0 Å². The number of pyridine rings is 1. The molecule has 4 nitrogen and oxygen atoms in total. The minimum Gasteiger partial charge on any atom is -0.455 e. The lowest BCUT2D eigenvalue weighted by Gasteiger charge is -2.07. The van der Waals surface area contributed by atoms with Crippen LogP contribution >= 0.6 is 24.0 Å². The molecule has 2 aromatic heterocycles. The number of aromatic nitrogens is 1. The van der Waals surface area contributed by atoms with E-state index in [-0.39, 0.29) is 5.91 Å². The Morgan fingerprint density at radius 3 is 2.75 bits per heavy atom. The van der Waals surface area contributed by atoms with Gasteiger partial charge in [-0.25, -0.2) is 0 Å². The molecular weight excluding hydrogens is 388 g/mol. The Bertz CT molecular complexity index is 1200. The van der Waals surface area contributed by atoms with Gasteiger partial charge < -0.3 is 9.73 Å². The minimum absolute atomic E-state index is 0.209. The van der Waals surface area contributed by atoms with E-state index in [0.29, 0.717) is 32.1 Å². The molecule has 1 N–H and O–H groups in total. The Hall–Kier alpha value is -2.88. The lowest BCUT2D eigenvalue weighted by atomic mass is 9.97. The largest absolute Gasteiger partial charge is 0.455 e. The summed E-state index contributed by atoms with van der Waals surface area (Å²) in [6.07, 6.45) is 5.10. The zero-order chi connectivity index (χ0) is 19.7. The molecule has 0 atom stereocenters. The number of thioether (sulfide) groups is 1. The van der Waals surface area contributed by atoms with Crippen LogP contribution in [0.5, 0.6) is 0 Å². The number of amides is 1. The summed E-state index contributed by atoms with van der Waals surface area (Å²) >= 11 is 6.24. The molecule has 0 unspecified atom stereocenters. The molecule has 3 heterocycles. The van der Waals surface area contributed by atoms with Crippen molar-refractivity contribution in [3.8, 4) is 11.8 Å². The number of thiocarbonyl (C=S) groups is 1. The summed E-state index contributed by atoms with van der Waals surface area (Å²) in [6, 6.07) is 9.97. The molecule has 1 aromatic carbocycles. The van der Waals surface area contributed by atoms with Gasteiger partial charge in [0, 0.05) is 29.4 Å². The van der Waals surface area contributed by atoms with Crippen LogP contribution in [-0.4, -0.2) is 15.2 Å². The smallest absolute Gasteiger partial charge is 0.263 e. The SMILES string of the molecule is CC(C)c1ccccc1C#Cc1cncc2cc(/C=C3\SC(=S)NC3=O)oc12. The Morgan fingerprint density at radius 1 is 1.21 bits per heavy atom. The third-order valence-corrected chi connectivity index (χ3v) is 5.43. The zero-order valence-electron chi connectivity index (χ0n) is 15.3. The topological polar surface area (TPSA) is 55.1 Å². The molecule has 1 saturated heterocycles. The fourth-order valence-corrected chi connectivity index (χ4v) is 3.97. The number of furan rings is 1. The summed E-state index contributed by atoms with van der Waals surface area (Å²) in [5, 5.41) is 3.43. The number of carbonyl (C=O) groups is 1. The fraction of sp³-hybridized carbons (Fsp3) is 0.136. The number of rotatable bonds is 2. The summed E-state index contributed by atoms with van der Waals surface area (Å²) in [4.78, 5) is 16.6. The van der Waals surface area contributed by atoms with E-state index in [1.807, 2.05) is 24.3 Å². The Labute approximate surface area is 172 Å². The summed E-state index contributed by atoms with van der Waals surface area (Å²) < 4.78 is 6.40. The van der Waals surface area contributed by atoms with Crippen LogP contribution in [0.15, 0.2) is 52.0 Å². The standard InChI is InChI=1S/C22H16N2O2S2/c1-13(2)18-6-4-3-5-14(18)7-8-15-11-23-12-16-9-17(26-20(15)16)10-19-21(25)24-22(27)28-19/h3-6,9-13H,1-2H3,(H,24,25,27)/b19-10-. The Morgan fingerprint density at radius 2 is 2.00 bits per heavy atom. The quantitative estimate of drug-likeness (QED) is 0.376. The fourth-order valence-electron chi connectivity index (χ4n) is 2.94. The highest BCUT2D eigenvalue weighted by molar-refractivity contribution is 8.26. The highest BCUT2D eigenvalue weighted by Gasteiger charge is 2.22. The van der Waals surface area contributed by atoms with Crippen molar-refractivity contribution in [2.24, 2.45) is 0 Å². The van der Waals surface area contributed by atoms with E-state index in [9.17, 15) is 4.79 Å². The first-order valence-electron chi connectivity index (χ1n) is 8.74. The summed E-state index contributed by atoms with van der Waals surface area (Å²) in [6.45, 7) is 4.30. The van der Waals surface area contributed by atoms with Crippen LogP contribution in [0.3, 0.4) is 0 Å². The first-order valence-corrected chi connectivity index (χ1v) is 9.97. The average Bonchev–Trinajstić information content (AvgIpc) is 3.22. The van der Waals surface area contributed by atoms with Crippen LogP contribution in [0.25, 0.3) is 17.0 Å². The molecule has 0 spiro atoms. The van der Waals surface area contributed by atoms with E-state index in [4.69, 9.17) is 16.6 Å². The molecular formula is C22H16N2O2S2. The number of carbonyl (C=O) groups excluding carboxylic acids is 1. The number of hydrogen-bond acceptors (Lipinski definition) is 5. The number of hydrogen-bond donors (Lipinski definition) is 1. The molecule has 0 radical (unpaired) electrons. The van der Waals surface area contributed by atoms with Gasteiger partial charge in [-0.3, -0.25) is 9.78 Å². The lowest BCUT2D eigenvalue weighted by molar-refractivity contribution is -0.115. The zero-order valence-corrected chi connectivity index (χ0v) is 16.9. The van der Waals surface area contributed by atoms with Gasteiger partial charge in [-0.15, -0.1) is 0 Å². The van der Waals surface area contributed by atoms with Gasteiger partial charge in [-0.05, 0) is 23.6 Å². The van der Waals surface area contributed by atoms with Gasteiger partial charge in [0.2, 0.25) is 0 Å². The molecule has 28 heavy (non-hydrogen) atoms. The highest BCUT2D eigenvalue weighted by Crippen LogP contribution is 2.29. The molecule has 0 aliphatic carbocycles. The Kier molecular flexibility index (Phi) is 5.03. The van der Waals surface area contributed by atoms with Gasteiger partial charge in [0.25, 0.3) is 5.91 Å². The maximum Gasteiger partial charge on any atom is 0.263 e. The van der Waals surface area contributed by atoms with Crippen molar-refractivity contribution in [3.63, 3.8) is 0 Å². The average molecular weight is 405 g/mol. The van der Waals surface area contributed by atoms with E-state index < -0.39 is 0 Å². The van der Waals surface area contributed by atoms with Crippen molar-refractivity contribution in [3.05, 3.63) is 70.1 Å². The van der Waals surface area contributed by atoms with Crippen molar-refractivity contribution in [1.82, 2.24) is 10.3 Å². The minimum atomic E-state index is -0.209. The van der Waals surface area contributed by atoms with E-state index in [2.05, 4.69) is 42.1 Å². The highest BCUT2D eigenvalue weighted by atomic mass is 32.2. The van der Waals surface area contributed by atoms with Gasteiger partial charge in [0.15, 0.2) is 5.58 Å². The molecule has 1 amide bonds. The van der Waals surface area contributed by atoms with Gasteiger partial charge >= 0.3 is 0 Å². The molecule has 4 rings (SSSR count). The predicted octanol–water partition coefficient (Wildman–Crippen LogP) is 4.84. The summed E-state index contributed by atoms with van der Waals surface area (Å²) in [7, 11) is 0. The Balaban J connectivity index is 1.73. The van der Waals surface area contributed by atoms with E-state index in [1.54, 1.807) is 18.5 Å². The monoisotopic (exact) mass is 404 g/mol. The number of benzene rings is 1. The predicted molar refractivity (Wildman–Crippen MR) is 117 cm³/mol. The van der Waals surface area contributed by atoms with E-state index in [0.717, 1.165) is 10.9 Å². The molecule has 1 aliphatic heterocycles. The molecule has 6 heteroatoms. The van der Waals surface area contributed by atoms with Crippen molar-refractivity contribution >= 4 is 51.3 Å². The third kappa shape index (κ3) is 3.72. The van der Waals surface area contributed by atoms with Crippen LogP contribution in [-0.2, 0) is 4.79 Å². The third-order valence-electron chi connectivity index (χ3n) is 4.27. The first-order chi connectivity index (χ1) is 13.5. The number of fused-ring (bicyclic) bond motifs is 1. The molecule has 1 aliphatic rings. The lowest BCUT2D eigenvalue weighted by Crippen LogP contribution is -2.17. The second-order valence-corrected chi connectivity index (χ2v) is 8.32. The van der Waals surface area contributed by atoms with Crippen LogP contribution in [0.4, 0.5) is 0 Å². The van der Waals surface area contributed by atoms with Gasteiger partial charge in [-0.2, -0.15) is 0 Å². The van der Waals surface area contributed by atoms with Crippen LogP contribution in [0.2, 0.25) is 0 Å². The number of nitrogens with zero attached hydrogens (tertiary/aromatic N) is 1. The van der Waals surface area contributed by atoms with Crippen molar-refractivity contribution in [1.29, 1.82) is 0 Å².